The molecule has 0 radical (unpaired) electrons. The van der Waals surface area contributed by atoms with Crippen molar-refractivity contribution in [3.8, 4) is 0 Å². The molecular weight excluding hydrogens is 243 g/mol. The zero-order valence-electron chi connectivity index (χ0n) is 8.38. The molecule has 16 heavy (non-hydrogen) atoms. The molecule has 0 aromatic heterocycles. The number of alkyl halides is 3. The van der Waals surface area contributed by atoms with Crippen molar-refractivity contribution >= 4 is 10.0 Å². The number of hydrogen-bond donors (Lipinski definition) is 1. The van der Waals surface area contributed by atoms with Crippen LogP contribution in [0.2, 0.25) is 0 Å². The minimum atomic E-state index is -4.46. The highest BCUT2D eigenvalue weighted by atomic mass is 32.2. The van der Waals surface area contributed by atoms with Crippen LogP contribution in [0, 0.1) is 0 Å². The van der Waals surface area contributed by atoms with E-state index in [1.807, 2.05) is 0 Å². The Bertz CT molecular complexity index is 451. The molecule has 0 amide bonds. The van der Waals surface area contributed by atoms with E-state index in [1.54, 1.807) is 6.92 Å². The van der Waals surface area contributed by atoms with Gasteiger partial charge in [0.05, 0.1) is 10.5 Å². The van der Waals surface area contributed by atoms with E-state index < -0.39 is 21.8 Å². The third kappa shape index (κ3) is 2.96. The maximum absolute atomic E-state index is 12.2. The van der Waals surface area contributed by atoms with Gasteiger partial charge >= 0.3 is 6.18 Å². The molecule has 0 unspecified atom stereocenters. The number of hydrogen-bond acceptors (Lipinski definition) is 2. The van der Waals surface area contributed by atoms with Gasteiger partial charge in [-0.3, -0.25) is 0 Å². The SMILES string of the molecule is CCNS(=O)(=O)c1ccc(C(F)(F)F)cc1. The molecule has 0 saturated carbocycles. The Labute approximate surface area is 91.3 Å². The van der Waals surface area contributed by atoms with Crippen LogP contribution in [-0.4, -0.2) is 15.0 Å². The molecule has 0 atom stereocenters. The fourth-order valence-electron chi connectivity index (χ4n) is 1.10. The van der Waals surface area contributed by atoms with Gasteiger partial charge in [-0.25, -0.2) is 13.1 Å². The topological polar surface area (TPSA) is 46.2 Å². The van der Waals surface area contributed by atoms with Crippen LogP contribution in [0.1, 0.15) is 12.5 Å². The van der Waals surface area contributed by atoms with E-state index in [4.69, 9.17) is 0 Å². The lowest BCUT2D eigenvalue weighted by atomic mass is 10.2. The van der Waals surface area contributed by atoms with Crippen molar-refractivity contribution in [1.82, 2.24) is 4.72 Å². The van der Waals surface area contributed by atoms with Crippen molar-refractivity contribution in [2.45, 2.75) is 18.0 Å². The third-order valence-corrected chi connectivity index (χ3v) is 3.39. The van der Waals surface area contributed by atoms with Crippen LogP contribution >= 0.6 is 0 Å². The third-order valence-electron chi connectivity index (χ3n) is 1.83. The van der Waals surface area contributed by atoms with Gasteiger partial charge < -0.3 is 0 Å². The molecule has 0 spiro atoms. The van der Waals surface area contributed by atoms with Crippen LogP contribution in [0.15, 0.2) is 29.2 Å². The first-order valence-electron chi connectivity index (χ1n) is 4.44. The van der Waals surface area contributed by atoms with Gasteiger partial charge in [0, 0.05) is 6.54 Å². The number of benzene rings is 1. The lowest BCUT2D eigenvalue weighted by Crippen LogP contribution is -2.23. The summed E-state index contributed by atoms with van der Waals surface area (Å²) in [6.45, 7) is 1.77. The average Bonchev–Trinajstić information content (AvgIpc) is 2.16. The van der Waals surface area contributed by atoms with Gasteiger partial charge in [-0.15, -0.1) is 0 Å². The summed E-state index contributed by atoms with van der Waals surface area (Å²) in [4.78, 5) is -0.178. The summed E-state index contributed by atoms with van der Waals surface area (Å²) < 4.78 is 61.6. The Balaban J connectivity index is 3.05. The smallest absolute Gasteiger partial charge is 0.211 e. The molecule has 0 saturated heterocycles. The predicted octanol–water partition coefficient (Wildman–Crippen LogP) is 2.00. The second-order valence-electron chi connectivity index (χ2n) is 3.02. The maximum atomic E-state index is 12.2. The monoisotopic (exact) mass is 253 g/mol. The summed E-state index contributed by atoms with van der Waals surface area (Å²) in [6, 6.07) is 3.34. The molecule has 7 heteroatoms. The van der Waals surface area contributed by atoms with E-state index >= 15 is 0 Å². The summed E-state index contributed by atoms with van der Waals surface area (Å²) >= 11 is 0. The fourth-order valence-corrected chi connectivity index (χ4v) is 2.14. The van der Waals surface area contributed by atoms with E-state index in [2.05, 4.69) is 4.72 Å². The predicted molar refractivity (Wildman–Crippen MR) is 52.3 cm³/mol. The van der Waals surface area contributed by atoms with Gasteiger partial charge in [-0.2, -0.15) is 13.2 Å². The number of rotatable bonds is 3. The van der Waals surface area contributed by atoms with Gasteiger partial charge in [-0.1, -0.05) is 6.92 Å². The molecule has 1 N–H and O–H groups in total. The highest BCUT2D eigenvalue weighted by Gasteiger charge is 2.30. The maximum Gasteiger partial charge on any atom is 0.416 e. The second-order valence-corrected chi connectivity index (χ2v) is 4.79. The average molecular weight is 253 g/mol. The first kappa shape index (κ1) is 13.0. The number of halogens is 3. The quantitative estimate of drug-likeness (QED) is 0.895. The largest absolute Gasteiger partial charge is 0.416 e. The standard InChI is InChI=1S/C9H10F3NO2S/c1-2-13-16(14,15)8-5-3-7(4-6-8)9(10,11)12/h3-6,13H,2H2,1H3. The summed E-state index contributed by atoms with van der Waals surface area (Å²) in [5.74, 6) is 0. The highest BCUT2D eigenvalue weighted by Crippen LogP contribution is 2.29. The van der Waals surface area contributed by atoms with Gasteiger partial charge in [0.15, 0.2) is 0 Å². The van der Waals surface area contributed by atoms with Crippen molar-refractivity contribution in [2.75, 3.05) is 6.54 Å². The molecule has 0 aliphatic heterocycles. The zero-order valence-corrected chi connectivity index (χ0v) is 9.19. The molecule has 90 valence electrons. The first-order chi connectivity index (χ1) is 7.27. The van der Waals surface area contributed by atoms with E-state index in [0.717, 1.165) is 24.3 Å². The van der Waals surface area contributed by atoms with E-state index in [1.165, 1.54) is 0 Å². The van der Waals surface area contributed by atoms with Crippen molar-refractivity contribution in [3.63, 3.8) is 0 Å². The van der Waals surface area contributed by atoms with Crippen molar-refractivity contribution in [3.05, 3.63) is 29.8 Å². The molecule has 0 heterocycles. The Morgan fingerprint density at radius 3 is 2.06 bits per heavy atom. The lowest BCUT2D eigenvalue weighted by Gasteiger charge is -2.08. The molecule has 0 aliphatic rings. The van der Waals surface area contributed by atoms with E-state index in [0.29, 0.717) is 0 Å². The Morgan fingerprint density at radius 2 is 1.69 bits per heavy atom. The fraction of sp³-hybridized carbons (Fsp3) is 0.333. The lowest BCUT2D eigenvalue weighted by molar-refractivity contribution is -0.137. The van der Waals surface area contributed by atoms with E-state index in [-0.39, 0.29) is 11.4 Å². The zero-order chi connectivity index (χ0) is 12.4. The van der Waals surface area contributed by atoms with Crippen LogP contribution in [-0.2, 0) is 16.2 Å². The summed E-state index contributed by atoms with van der Waals surface area (Å²) in [5, 5.41) is 0. The Kier molecular flexibility index (Phi) is 3.59. The molecule has 0 bridgehead atoms. The van der Waals surface area contributed by atoms with Gasteiger partial charge in [0.2, 0.25) is 10.0 Å². The highest BCUT2D eigenvalue weighted by molar-refractivity contribution is 7.89. The van der Waals surface area contributed by atoms with Gasteiger partial charge in [0.1, 0.15) is 0 Å². The van der Waals surface area contributed by atoms with Crippen molar-refractivity contribution in [2.24, 2.45) is 0 Å². The van der Waals surface area contributed by atoms with Gasteiger partial charge in [-0.05, 0) is 24.3 Å². The van der Waals surface area contributed by atoms with Crippen molar-refractivity contribution < 1.29 is 21.6 Å². The molecule has 0 fully saturated rings. The normalized spacial score (nSPS) is 12.8. The molecule has 1 rings (SSSR count). The second kappa shape index (κ2) is 4.42. The molecule has 1 aromatic rings. The Morgan fingerprint density at radius 1 is 1.19 bits per heavy atom. The number of sulfonamides is 1. The number of nitrogens with one attached hydrogen (secondary N) is 1. The Hall–Kier alpha value is -1.08. The minimum absolute atomic E-state index is 0.178. The van der Waals surface area contributed by atoms with Crippen LogP contribution < -0.4 is 4.72 Å². The summed E-state index contributed by atoms with van der Waals surface area (Å²) in [7, 11) is -3.69. The van der Waals surface area contributed by atoms with Crippen molar-refractivity contribution in [1.29, 1.82) is 0 Å². The molecule has 1 aromatic carbocycles. The first-order valence-corrected chi connectivity index (χ1v) is 5.92. The van der Waals surface area contributed by atoms with Crippen LogP contribution in [0.4, 0.5) is 13.2 Å². The molecule has 3 nitrogen and oxygen atoms in total. The summed E-state index contributed by atoms with van der Waals surface area (Å²) in [5.41, 5.74) is -0.872. The van der Waals surface area contributed by atoms with Gasteiger partial charge in [0.25, 0.3) is 0 Å². The van der Waals surface area contributed by atoms with Crippen LogP contribution in [0.5, 0.6) is 0 Å². The van der Waals surface area contributed by atoms with Crippen LogP contribution in [0.3, 0.4) is 0 Å². The minimum Gasteiger partial charge on any atom is -0.211 e. The molecular formula is C9H10F3NO2S. The summed E-state index contributed by atoms with van der Waals surface area (Å²) in [6.07, 6.45) is -4.46. The van der Waals surface area contributed by atoms with Crippen LogP contribution in [0.25, 0.3) is 0 Å². The van der Waals surface area contributed by atoms with E-state index in [9.17, 15) is 21.6 Å². The molecule has 0 aliphatic carbocycles.